The van der Waals surface area contributed by atoms with Crippen molar-refractivity contribution < 1.29 is 19.0 Å². The lowest BCUT2D eigenvalue weighted by Crippen LogP contribution is -2.54. The molecule has 2 heterocycles. The van der Waals surface area contributed by atoms with Gasteiger partial charge >= 0.3 is 0 Å². The van der Waals surface area contributed by atoms with Crippen molar-refractivity contribution in [3.8, 4) is 5.88 Å². The first-order valence-corrected chi connectivity index (χ1v) is 7.79. The summed E-state index contributed by atoms with van der Waals surface area (Å²) in [5.74, 6) is 0.329. The highest BCUT2D eigenvalue weighted by atomic mass is 16.5. The molecular formula is C16H22N2O4. The van der Waals surface area contributed by atoms with Crippen molar-refractivity contribution in [2.75, 3.05) is 26.9 Å². The van der Waals surface area contributed by atoms with Crippen molar-refractivity contribution in [2.24, 2.45) is 0 Å². The van der Waals surface area contributed by atoms with Gasteiger partial charge in [-0.1, -0.05) is 0 Å². The molecule has 22 heavy (non-hydrogen) atoms. The number of morpholine rings is 1. The number of methoxy groups -OCH3 is 1. The van der Waals surface area contributed by atoms with Crippen LogP contribution >= 0.6 is 0 Å². The summed E-state index contributed by atoms with van der Waals surface area (Å²) in [6.07, 6.45) is 3.51. The summed E-state index contributed by atoms with van der Waals surface area (Å²) >= 11 is 0. The standard InChI is InChI=1S/C16H22N2O4/c1-3-21-13-7-6-12-14(13)22-10-9-18(12)16(19)11-5-4-8-17-15(11)20-2/h4-5,8,12-14H,3,6-7,9-10H2,1-2H3/t12-,13-,14-/m0/s1. The zero-order chi connectivity index (χ0) is 15.5. The second kappa shape index (κ2) is 6.62. The fourth-order valence-corrected chi connectivity index (χ4v) is 3.43. The molecule has 1 aromatic heterocycles. The quantitative estimate of drug-likeness (QED) is 0.843. The highest BCUT2D eigenvalue weighted by Gasteiger charge is 2.45. The van der Waals surface area contributed by atoms with E-state index in [0.29, 0.717) is 31.2 Å². The van der Waals surface area contributed by atoms with E-state index in [1.54, 1.807) is 18.3 Å². The minimum absolute atomic E-state index is 0.0275. The third kappa shape index (κ3) is 2.68. The van der Waals surface area contributed by atoms with Crippen molar-refractivity contribution in [3.05, 3.63) is 23.9 Å². The number of amides is 1. The van der Waals surface area contributed by atoms with Gasteiger partial charge in [0.25, 0.3) is 5.91 Å². The molecule has 0 aromatic carbocycles. The minimum atomic E-state index is -0.0413. The van der Waals surface area contributed by atoms with E-state index < -0.39 is 0 Å². The Labute approximate surface area is 130 Å². The van der Waals surface area contributed by atoms with E-state index in [9.17, 15) is 4.79 Å². The van der Waals surface area contributed by atoms with Gasteiger partial charge in [0.2, 0.25) is 5.88 Å². The van der Waals surface area contributed by atoms with Gasteiger partial charge in [-0.05, 0) is 31.9 Å². The van der Waals surface area contributed by atoms with Gasteiger partial charge in [-0.3, -0.25) is 4.79 Å². The molecule has 0 bridgehead atoms. The fraction of sp³-hybridized carbons (Fsp3) is 0.625. The highest BCUT2D eigenvalue weighted by Crippen LogP contribution is 2.33. The Bertz CT molecular complexity index is 537. The molecule has 2 aliphatic rings. The lowest BCUT2D eigenvalue weighted by atomic mass is 10.1. The molecule has 1 aliphatic carbocycles. The number of hydrogen-bond acceptors (Lipinski definition) is 5. The Morgan fingerprint density at radius 3 is 3.14 bits per heavy atom. The van der Waals surface area contributed by atoms with Gasteiger partial charge in [0.15, 0.2) is 0 Å². The predicted octanol–water partition coefficient (Wildman–Crippen LogP) is 1.50. The van der Waals surface area contributed by atoms with Crippen LogP contribution in [0.15, 0.2) is 18.3 Å². The maximum Gasteiger partial charge on any atom is 0.259 e. The zero-order valence-electron chi connectivity index (χ0n) is 13.0. The van der Waals surface area contributed by atoms with Crippen LogP contribution in [0.5, 0.6) is 5.88 Å². The maximum atomic E-state index is 12.9. The fourth-order valence-electron chi connectivity index (χ4n) is 3.43. The molecule has 6 nitrogen and oxygen atoms in total. The summed E-state index contributed by atoms with van der Waals surface area (Å²) in [5.41, 5.74) is 0.505. The molecule has 6 heteroatoms. The van der Waals surface area contributed by atoms with E-state index >= 15 is 0 Å². The second-order valence-corrected chi connectivity index (χ2v) is 5.53. The van der Waals surface area contributed by atoms with Crippen LogP contribution < -0.4 is 4.74 Å². The number of carbonyl (C=O) groups is 1. The molecule has 0 N–H and O–H groups in total. The number of pyridine rings is 1. The SMILES string of the molecule is CCO[C@H]1CC[C@H]2[C@@H]1OCCN2C(=O)c1cccnc1OC. The average Bonchev–Trinajstić information content (AvgIpc) is 2.98. The monoisotopic (exact) mass is 306 g/mol. The predicted molar refractivity (Wildman–Crippen MR) is 80.0 cm³/mol. The lowest BCUT2D eigenvalue weighted by Gasteiger charge is -2.39. The van der Waals surface area contributed by atoms with E-state index in [1.165, 1.54) is 7.11 Å². The number of carbonyl (C=O) groups excluding carboxylic acids is 1. The highest BCUT2D eigenvalue weighted by molar-refractivity contribution is 5.96. The van der Waals surface area contributed by atoms with Gasteiger partial charge < -0.3 is 19.1 Å². The summed E-state index contributed by atoms with van der Waals surface area (Å²) in [6, 6.07) is 3.58. The van der Waals surface area contributed by atoms with Gasteiger partial charge in [-0.2, -0.15) is 0 Å². The summed E-state index contributed by atoms with van der Waals surface area (Å²) in [5, 5.41) is 0. The van der Waals surface area contributed by atoms with E-state index in [1.807, 2.05) is 11.8 Å². The zero-order valence-corrected chi connectivity index (χ0v) is 13.0. The molecule has 1 amide bonds. The molecular weight excluding hydrogens is 284 g/mol. The number of nitrogens with zero attached hydrogens (tertiary/aromatic N) is 2. The van der Waals surface area contributed by atoms with Gasteiger partial charge in [-0.25, -0.2) is 4.98 Å². The van der Waals surface area contributed by atoms with Crippen molar-refractivity contribution in [3.63, 3.8) is 0 Å². The third-order valence-electron chi connectivity index (χ3n) is 4.37. The maximum absolute atomic E-state index is 12.9. The van der Waals surface area contributed by atoms with Crippen LogP contribution in [-0.4, -0.2) is 60.9 Å². The Kier molecular flexibility index (Phi) is 4.59. The van der Waals surface area contributed by atoms with Crippen molar-refractivity contribution in [1.82, 2.24) is 9.88 Å². The molecule has 3 atom stereocenters. The van der Waals surface area contributed by atoms with Crippen LogP contribution in [0.25, 0.3) is 0 Å². The molecule has 0 radical (unpaired) electrons. The van der Waals surface area contributed by atoms with E-state index in [-0.39, 0.29) is 24.2 Å². The molecule has 1 aromatic rings. The summed E-state index contributed by atoms with van der Waals surface area (Å²) in [6.45, 7) is 3.79. The lowest BCUT2D eigenvalue weighted by molar-refractivity contribution is -0.102. The molecule has 120 valence electrons. The first kappa shape index (κ1) is 15.2. The van der Waals surface area contributed by atoms with E-state index in [2.05, 4.69) is 4.98 Å². The normalized spacial score (nSPS) is 27.5. The first-order valence-electron chi connectivity index (χ1n) is 7.79. The van der Waals surface area contributed by atoms with Crippen LogP contribution in [-0.2, 0) is 9.47 Å². The Morgan fingerprint density at radius 2 is 2.36 bits per heavy atom. The third-order valence-corrected chi connectivity index (χ3v) is 4.37. The van der Waals surface area contributed by atoms with Crippen LogP contribution in [0.4, 0.5) is 0 Å². The second-order valence-electron chi connectivity index (χ2n) is 5.53. The molecule has 2 fully saturated rings. The molecule has 1 aliphatic heterocycles. The number of ether oxygens (including phenoxy) is 3. The van der Waals surface area contributed by atoms with Gasteiger partial charge in [-0.15, -0.1) is 0 Å². The van der Waals surface area contributed by atoms with E-state index in [4.69, 9.17) is 14.2 Å². The number of hydrogen-bond donors (Lipinski definition) is 0. The topological polar surface area (TPSA) is 60.9 Å². The van der Waals surface area contributed by atoms with Crippen molar-refractivity contribution in [2.45, 2.75) is 38.0 Å². The van der Waals surface area contributed by atoms with Crippen LogP contribution in [0.1, 0.15) is 30.1 Å². The number of rotatable bonds is 4. The smallest absolute Gasteiger partial charge is 0.259 e. The van der Waals surface area contributed by atoms with Crippen molar-refractivity contribution >= 4 is 5.91 Å². The molecule has 1 saturated carbocycles. The molecule has 0 unspecified atom stereocenters. The summed E-state index contributed by atoms with van der Waals surface area (Å²) < 4.78 is 16.8. The van der Waals surface area contributed by atoms with Crippen LogP contribution in [0.3, 0.4) is 0 Å². The number of fused-ring (bicyclic) bond motifs is 1. The van der Waals surface area contributed by atoms with E-state index in [0.717, 1.165) is 12.8 Å². The van der Waals surface area contributed by atoms with Crippen LogP contribution in [0, 0.1) is 0 Å². The van der Waals surface area contributed by atoms with Gasteiger partial charge in [0, 0.05) is 19.3 Å². The molecule has 0 spiro atoms. The minimum Gasteiger partial charge on any atom is -0.480 e. The van der Waals surface area contributed by atoms with Crippen molar-refractivity contribution in [1.29, 1.82) is 0 Å². The first-order chi connectivity index (χ1) is 10.8. The Morgan fingerprint density at radius 1 is 1.50 bits per heavy atom. The Balaban J connectivity index is 1.81. The van der Waals surface area contributed by atoms with Crippen LogP contribution in [0.2, 0.25) is 0 Å². The molecule has 3 rings (SSSR count). The summed E-state index contributed by atoms with van der Waals surface area (Å²) in [4.78, 5) is 18.9. The summed E-state index contributed by atoms with van der Waals surface area (Å²) in [7, 11) is 1.53. The average molecular weight is 306 g/mol. The van der Waals surface area contributed by atoms with Gasteiger partial charge in [0.05, 0.1) is 25.9 Å². The van der Waals surface area contributed by atoms with Gasteiger partial charge in [0.1, 0.15) is 11.7 Å². The number of aromatic nitrogens is 1. The molecule has 1 saturated heterocycles. The largest absolute Gasteiger partial charge is 0.480 e. The Hall–Kier alpha value is -1.66.